The Hall–Kier alpha value is -3.14. The van der Waals surface area contributed by atoms with Crippen LogP contribution in [0.5, 0.6) is 0 Å². The minimum absolute atomic E-state index is 0.241. The predicted octanol–water partition coefficient (Wildman–Crippen LogP) is 4.16. The number of benzene rings is 2. The number of cyclic esters (lactones) is 1. The van der Waals surface area contributed by atoms with Gasteiger partial charge in [0.1, 0.15) is 6.10 Å². The summed E-state index contributed by atoms with van der Waals surface area (Å²) in [6.45, 7) is 0. The zero-order valence-corrected chi connectivity index (χ0v) is 13.9. The molecule has 3 aromatic rings. The maximum Gasteiger partial charge on any atom is 0.334 e. The Bertz CT molecular complexity index is 941. The second kappa shape index (κ2) is 6.40. The lowest BCUT2D eigenvalue weighted by atomic mass is 9.95. The molecule has 124 valence electrons. The van der Waals surface area contributed by atoms with Crippen molar-refractivity contribution in [3.8, 4) is 11.1 Å². The van der Waals surface area contributed by atoms with Crippen LogP contribution in [-0.4, -0.2) is 15.7 Å². The SMILES string of the molecule is Cn1cc(-c2ccccc2C2C/C(=C/c3ccccc3)C(=O)O2)cn1. The topological polar surface area (TPSA) is 44.1 Å². The van der Waals surface area contributed by atoms with Crippen LogP contribution < -0.4 is 0 Å². The summed E-state index contributed by atoms with van der Waals surface area (Å²) in [5, 5.41) is 4.24. The van der Waals surface area contributed by atoms with E-state index in [1.54, 1.807) is 4.68 Å². The number of hydrogen-bond donors (Lipinski definition) is 0. The van der Waals surface area contributed by atoms with E-state index in [2.05, 4.69) is 5.10 Å². The van der Waals surface area contributed by atoms with Crippen molar-refractivity contribution in [3.05, 3.63) is 83.7 Å². The summed E-state index contributed by atoms with van der Waals surface area (Å²) in [5.41, 5.74) is 4.80. The first kappa shape index (κ1) is 15.4. The Morgan fingerprint density at radius 3 is 2.64 bits per heavy atom. The molecule has 1 fully saturated rings. The fraction of sp³-hybridized carbons (Fsp3) is 0.143. The maximum atomic E-state index is 12.3. The van der Waals surface area contributed by atoms with Gasteiger partial charge in [0, 0.05) is 36.4 Å². The Labute approximate surface area is 146 Å². The van der Waals surface area contributed by atoms with Crippen LogP contribution >= 0.6 is 0 Å². The molecule has 0 bridgehead atoms. The molecule has 0 radical (unpaired) electrons. The standard InChI is InChI=1S/C21H18N2O2/c1-23-14-17(13-22-23)18-9-5-6-10-19(18)20-12-16(21(24)25-20)11-15-7-3-2-4-8-15/h2-11,13-14,20H,12H2,1H3/b16-11-. The number of hydrogen-bond acceptors (Lipinski definition) is 3. The first-order chi connectivity index (χ1) is 12.2. The van der Waals surface area contributed by atoms with Crippen LogP contribution in [0, 0.1) is 0 Å². The van der Waals surface area contributed by atoms with Crippen molar-refractivity contribution in [2.45, 2.75) is 12.5 Å². The van der Waals surface area contributed by atoms with Crippen molar-refractivity contribution in [1.82, 2.24) is 9.78 Å². The van der Waals surface area contributed by atoms with Gasteiger partial charge in [0.25, 0.3) is 0 Å². The molecule has 0 spiro atoms. The van der Waals surface area contributed by atoms with Gasteiger partial charge in [-0.15, -0.1) is 0 Å². The third kappa shape index (κ3) is 3.11. The average molecular weight is 330 g/mol. The van der Waals surface area contributed by atoms with Gasteiger partial charge in [-0.1, -0.05) is 54.6 Å². The lowest BCUT2D eigenvalue weighted by molar-refractivity contribution is -0.139. The van der Waals surface area contributed by atoms with Crippen LogP contribution in [0.15, 0.2) is 72.6 Å². The summed E-state index contributed by atoms with van der Waals surface area (Å²) >= 11 is 0. The molecule has 2 aromatic carbocycles. The molecule has 0 N–H and O–H groups in total. The molecular formula is C21H18N2O2. The number of carbonyl (C=O) groups is 1. The molecule has 4 rings (SSSR count). The summed E-state index contributed by atoms with van der Waals surface area (Å²) in [7, 11) is 1.89. The Kier molecular flexibility index (Phi) is 3.94. The van der Waals surface area contributed by atoms with Crippen molar-refractivity contribution >= 4 is 12.0 Å². The van der Waals surface area contributed by atoms with Gasteiger partial charge in [0.15, 0.2) is 0 Å². The predicted molar refractivity (Wildman–Crippen MR) is 96.5 cm³/mol. The van der Waals surface area contributed by atoms with E-state index in [4.69, 9.17) is 4.74 Å². The first-order valence-electron chi connectivity index (χ1n) is 8.25. The van der Waals surface area contributed by atoms with Gasteiger partial charge in [-0.05, 0) is 17.2 Å². The van der Waals surface area contributed by atoms with Crippen LogP contribution in [0.4, 0.5) is 0 Å². The number of nitrogens with zero attached hydrogens (tertiary/aromatic N) is 2. The van der Waals surface area contributed by atoms with E-state index in [0.717, 1.165) is 22.3 Å². The minimum atomic E-state index is -0.265. The van der Waals surface area contributed by atoms with Crippen LogP contribution in [0.1, 0.15) is 23.7 Å². The molecule has 0 saturated carbocycles. The van der Waals surface area contributed by atoms with E-state index in [1.165, 1.54) is 0 Å². The van der Waals surface area contributed by atoms with E-state index in [-0.39, 0.29) is 12.1 Å². The molecule has 0 amide bonds. The summed E-state index contributed by atoms with van der Waals surface area (Å²) < 4.78 is 7.44. The fourth-order valence-corrected chi connectivity index (χ4v) is 3.17. The molecule has 1 aromatic heterocycles. The lowest BCUT2D eigenvalue weighted by Gasteiger charge is -2.13. The number of esters is 1. The van der Waals surface area contributed by atoms with Crippen molar-refractivity contribution in [3.63, 3.8) is 0 Å². The van der Waals surface area contributed by atoms with Gasteiger partial charge >= 0.3 is 5.97 Å². The number of aryl methyl sites for hydroxylation is 1. The normalized spacial score (nSPS) is 18.5. The fourth-order valence-electron chi connectivity index (χ4n) is 3.17. The Morgan fingerprint density at radius 1 is 1.12 bits per heavy atom. The molecule has 4 heteroatoms. The van der Waals surface area contributed by atoms with Crippen molar-refractivity contribution in [2.75, 3.05) is 0 Å². The number of carbonyl (C=O) groups excluding carboxylic acids is 1. The molecule has 1 unspecified atom stereocenters. The highest BCUT2D eigenvalue weighted by atomic mass is 16.5. The van der Waals surface area contributed by atoms with Crippen LogP contribution in [0.2, 0.25) is 0 Å². The van der Waals surface area contributed by atoms with Crippen molar-refractivity contribution in [1.29, 1.82) is 0 Å². The number of ether oxygens (including phenoxy) is 1. The monoisotopic (exact) mass is 330 g/mol. The highest BCUT2D eigenvalue weighted by Gasteiger charge is 2.31. The molecule has 1 aliphatic rings. The van der Waals surface area contributed by atoms with Crippen molar-refractivity contribution in [2.24, 2.45) is 7.05 Å². The number of rotatable bonds is 3. The average Bonchev–Trinajstić information content (AvgIpc) is 3.22. The van der Waals surface area contributed by atoms with E-state index in [0.29, 0.717) is 12.0 Å². The summed E-state index contributed by atoms with van der Waals surface area (Å²) in [4.78, 5) is 12.3. The highest BCUT2D eigenvalue weighted by Crippen LogP contribution is 2.38. The molecule has 4 nitrogen and oxygen atoms in total. The molecular weight excluding hydrogens is 312 g/mol. The summed E-state index contributed by atoms with van der Waals surface area (Å²) in [5.74, 6) is -0.241. The van der Waals surface area contributed by atoms with Gasteiger partial charge in [-0.25, -0.2) is 4.79 Å². The second-order valence-electron chi connectivity index (χ2n) is 6.17. The molecule has 1 saturated heterocycles. The van der Waals surface area contributed by atoms with Gasteiger partial charge < -0.3 is 4.74 Å². The zero-order chi connectivity index (χ0) is 17.2. The van der Waals surface area contributed by atoms with Gasteiger partial charge in [-0.2, -0.15) is 5.10 Å². The third-order valence-electron chi connectivity index (χ3n) is 4.38. The van der Waals surface area contributed by atoms with E-state index >= 15 is 0 Å². The molecule has 2 heterocycles. The quantitative estimate of drug-likeness (QED) is 0.535. The summed E-state index contributed by atoms with van der Waals surface area (Å²) in [6.07, 6.45) is 6.02. The molecule has 25 heavy (non-hydrogen) atoms. The Balaban J connectivity index is 1.66. The van der Waals surface area contributed by atoms with E-state index < -0.39 is 0 Å². The second-order valence-corrected chi connectivity index (χ2v) is 6.17. The van der Waals surface area contributed by atoms with Crippen molar-refractivity contribution < 1.29 is 9.53 Å². The summed E-state index contributed by atoms with van der Waals surface area (Å²) in [6, 6.07) is 17.9. The van der Waals surface area contributed by atoms with Crippen LogP contribution in [0.3, 0.4) is 0 Å². The smallest absolute Gasteiger partial charge is 0.334 e. The largest absolute Gasteiger partial charge is 0.454 e. The van der Waals surface area contributed by atoms with Crippen LogP contribution in [-0.2, 0) is 16.6 Å². The number of aromatic nitrogens is 2. The first-order valence-corrected chi connectivity index (χ1v) is 8.25. The van der Waals surface area contributed by atoms with Gasteiger partial charge in [0.2, 0.25) is 0 Å². The molecule has 1 atom stereocenters. The maximum absolute atomic E-state index is 12.3. The van der Waals surface area contributed by atoms with E-state index in [1.807, 2.05) is 80.1 Å². The third-order valence-corrected chi connectivity index (χ3v) is 4.38. The van der Waals surface area contributed by atoms with Crippen LogP contribution in [0.25, 0.3) is 17.2 Å². The molecule has 1 aliphatic heterocycles. The lowest BCUT2D eigenvalue weighted by Crippen LogP contribution is -2.00. The van der Waals surface area contributed by atoms with E-state index in [9.17, 15) is 4.79 Å². The Morgan fingerprint density at radius 2 is 1.88 bits per heavy atom. The molecule has 0 aliphatic carbocycles. The minimum Gasteiger partial charge on any atom is -0.454 e. The van der Waals surface area contributed by atoms with Gasteiger partial charge in [0.05, 0.1) is 6.20 Å². The highest BCUT2D eigenvalue weighted by molar-refractivity contribution is 5.96. The zero-order valence-electron chi connectivity index (χ0n) is 13.9. The van der Waals surface area contributed by atoms with Gasteiger partial charge in [-0.3, -0.25) is 4.68 Å².